The number of carbonyl (C=O) groups is 1. The SMILES string of the molecule is CN(C1CC1)S(=O)(=O)c1ccc(C(=O)Nc2nnc(Cc3ccc(S(C)(=O)=O)cc3)o2)cc1. The lowest BCUT2D eigenvalue weighted by Crippen LogP contribution is -2.29. The van der Waals surface area contributed by atoms with Crippen LogP contribution in [0.5, 0.6) is 0 Å². The zero-order valence-corrected chi connectivity index (χ0v) is 19.6. The zero-order chi connectivity index (χ0) is 23.8. The number of nitrogens with zero attached hydrogens (tertiary/aromatic N) is 3. The molecule has 1 aromatic heterocycles. The van der Waals surface area contributed by atoms with Crippen LogP contribution >= 0.6 is 0 Å². The highest BCUT2D eigenvalue weighted by Gasteiger charge is 2.35. The van der Waals surface area contributed by atoms with Crippen LogP contribution in [0.3, 0.4) is 0 Å². The van der Waals surface area contributed by atoms with Crippen molar-refractivity contribution in [1.82, 2.24) is 14.5 Å². The second-order valence-corrected chi connectivity index (χ2v) is 11.8. The van der Waals surface area contributed by atoms with Gasteiger partial charge in [-0.1, -0.05) is 17.2 Å². The Labute approximate surface area is 191 Å². The lowest BCUT2D eigenvalue weighted by molar-refractivity contribution is 0.102. The summed E-state index contributed by atoms with van der Waals surface area (Å²) in [6, 6.07) is 11.9. The molecule has 1 N–H and O–H groups in total. The molecule has 0 radical (unpaired) electrons. The third-order valence-electron chi connectivity index (χ3n) is 5.25. The van der Waals surface area contributed by atoms with Crippen molar-refractivity contribution in [3.63, 3.8) is 0 Å². The van der Waals surface area contributed by atoms with E-state index in [9.17, 15) is 21.6 Å². The van der Waals surface area contributed by atoms with Gasteiger partial charge in [-0.2, -0.15) is 4.31 Å². The first-order valence-corrected chi connectivity index (χ1v) is 13.4. The zero-order valence-electron chi connectivity index (χ0n) is 17.9. The first-order valence-electron chi connectivity index (χ1n) is 10.0. The highest BCUT2D eigenvalue weighted by molar-refractivity contribution is 7.90. The summed E-state index contributed by atoms with van der Waals surface area (Å²) in [7, 11) is -5.31. The molecule has 0 spiro atoms. The number of nitrogens with one attached hydrogen (secondary N) is 1. The summed E-state index contributed by atoms with van der Waals surface area (Å²) in [5, 5.41) is 10.2. The number of hydrogen-bond donors (Lipinski definition) is 1. The van der Waals surface area contributed by atoms with Crippen LogP contribution < -0.4 is 5.32 Å². The van der Waals surface area contributed by atoms with E-state index < -0.39 is 25.8 Å². The van der Waals surface area contributed by atoms with Crippen molar-refractivity contribution in [3.8, 4) is 0 Å². The molecule has 1 amide bonds. The molecule has 2 aromatic carbocycles. The molecule has 0 aliphatic heterocycles. The maximum Gasteiger partial charge on any atom is 0.322 e. The molecule has 0 bridgehead atoms. The molecule has 33 heavy (non-hydrogen) atoms. The number of aromatic nitrogens is 2. The normalized spacial score (nSPS) is 14.4. The van der Waals surface area contributed by atoms with Crippen molar-refractivity contribution < 1.29 is 26.0 Å². The second kappa shape index (κ2) is 8.69. The van der Waals surface area contributed by atoms with Gasteiger partial charge in [-0.25, -0.2) is 16.8 Å². The van der Waals surface area contributed by atoms with Crippen LogP contribution in [-0.2, 0) is 26.3 Å². The molecule has 174 valence electrons. The number of carbonyl (C=O) groups excluding carboxylic acids is 1. The Morgan fingerprint density at radius 3 is 2.18 bits per heavy atom. The smallest absolute Gasteiger partial charge is 0.322 e. The molecule has 10 nitrogen and oxygen atoms in total. The van der Waals surface area contributed by atoms with Gasteiger partial charge in [0.2, 0.25) is 15.9 Å². The van der Waals surface area contributed by atoms with E-state index in [-0.39, 0.29) is 39.7 Å². The lowest BCUT2D eigenvalue weighted by atomic mass is 10.1. The largest absolute Gasteiger partial charge is 0.407 e. The van der Waals surface area contributed by atoms with Crippen LogP contribution in [0, 0.1) is 0 Å². The van der Waals surface area contributed by atoms with Gasteiger partial charge in [-0.3, -0.25) is 10.1 Å². The fraction of sp³-hybridized carbons (Fsp3) is 0.286. The lowest BCUT2D eigenvalue weighted by Gasteiger charge is -2.16. The van der Waals surface area contributed by atoms with Gasteiger partial charge in [0.1, 0.15) is 0 Å². The summed E-state index contributed by atoms with van der Waals surface area (Å²) in [5.74, 6) is -0.288. The fourth-order valence-corrected chi connectivity index (χ4v) is 5.20. The molecule has 1 fully saturated rings. The number of anilines is 1. The van der Waals surface area contributed by atoms with Crippen LogP contribution in [0.25, 0.3) is 0 Å². The van der Waals surface area contributed by atoms with Gasteiger partial charge in [0, 0.05) is 24.9 Å². The van der Waals surface area contributed by atoms with E-state index in [0.29, 0.717) is 0 Å². The minimum absolute atomic E-state index is 0.0438. The number of benzene rings is 2. The summed E-state index contributed by atoms with van der Waals surface area (Å²) in [5.41, 5.74) is 0.996. The van der Waals surface area contributed by atoms with Crippen LogP contribution in [0.15, 0.2) is 62.7 Å². The van der Waals surface area contributed by atoms with Crippen molar-refractivity contribution in [2.45, 2.75) is 35.1 Å². The quantitative estimate of drug-likeness (QED) is 0.506. The van der Waals surface area contributed by atoms with Crippen molar-refractivity contribution in [2.24, 2.45) is 0 Å². The van der Waals surface area contributed by atoms with E-state index in [2.05, 4.69) is 15.5 Å². The number of amides is 1. The van der Waals surface area contributed by atoms with Crippen LogP contribution in [0.1, 0.15) is 34.7 Å². The standard InChI is InChI=1S/C21H22N4O6S2/c1-25(16-7-8-16)33(29,30)18-11-5-15(6-12-18)20(26)22-21-24-23-19(31-21)13-14-3-9-17(10-4-14)32(2,27)28/h3-6,9-12,16H,7-8,13H2,1-2H3,(H,22,24,26). The maximum atomic E-state index is 12.6. The first-order chi connectivity index (χ1) is 15.5. The Morgan fingerprint density at radius 1 is 1.00 bits per heavy atom. The number of sulfone groups is 1. The van der Waals surface area contributed by atoms with E-state index in [1.165, 1.54) is 40.7 Å². The predicted octanol–water partition coefficient (Wildman–Crippen LogP) is 2.10. The molecule has 0 unspecified atom stereocenters. The molecular weight excluding hydrogens is 468 g/mol. The summed E-state index contributed by atoms with van der Waals surface area (Å²) in [4.78, 5) is 12.8. The Morgan fingerprint density at radius 2 is 1.61 bits per heavy atom. The van der Waals surface area contributed by atoms with Crippen molar-refractivity contribution in [2.75, 3.05) is 18.6 Å². The molecular formula is C21H22N4O6S2. The molecule has 3 aromatic rings. The molecule has 4 rings (SSSR count). The van der Waals surface area contributed by atoms with Crippen molar-refractivity contribution in [3.05, 3.63) is 65.5 Å². The van der Waals surface area contributed by atoms with Crippen molar-refractivity contribution >= 4 is 31.8 Å². The van der Waals surface area contributed by atoms with Gasteiger partial charge >= 0.3 is 6.01 Å². The minimum atomic E-state index is -3.59. The molecule has 1 aliphatic rings. The van der Waals surface area contributed by atoms with Gasteiger partial charge in [-0.15, -0.1) is 5.10 Å². The number of sulfonamides is 1. The monoisotopic (exact) mass is 490 g/mol. The highest BCUT2D eigenvalue weighted by Crippen LogP contribution is 2.30. The van der Waals surface area contributed by atoms with E-state index >= 15 is 0 Å². The topological polar surface area (TPSA) is 140 Å². The molecule has 1 heterocycles. The minimum Gasteiger partial charge on any atom is -0.407 e. The predicted molar refractivity (Wildman–Crippen MR) is 119 cm³/mol. The van der Waals surface area contributed by atoms with E-state index in [0.717, 1.165) is 24.7 Å². The summed E-state index contributed by atoms with van der Waals surface area (Å²) >= 11 is 0. The van der Waals surface area contributed by atoms with Crippen LogP contribution in [0.4, 0.5) is 6.01 Å². The van der Waals surface area contributed by atoms with Crippen molar-refractivity contribution in [1.29, 1.82) is 0 Å². The summed E-state index contributed by atoms with van der Waals surface area (Å²) in [6.07, 6.45) is 3.10. The molecule has 0 atom stereocenters. The maximum absolute atomic E-state index is 12.6. The van der Waals surface area contributed by atoms with Gasteiger partial charge in [0.15, 0.2) is 9.84 Å². The highest BCUT2D eigenvalue weighted by atomic mass is 32.2. The van der Waals surface area contributed by atoms with Gasteiger partial charge in [0.05, 0.1) is 16.2 Å². The first kappa shape index (κ1) is 23.1. The molecule has 1 aliphatic carbocycles. The molecule has 1 saturated carbocycles. The second-order valence-electron chi connectivity index (χ2n) is 7.82. The Kier molecular flexibility index (Phi) is 6.08. The average molecular weight is 491 g/mol. The Hall–Kier alpha value is -3.09. The molecule has 0 saturated heterocycles. The van der Waals surface area contributed by atoms with Gasteiger partial charge in [0.25, 0.3) is 5.91 Å². The van der Waals surface area contributed by atoms with E-state index in [1.54, 1.807) is 19.2 Å². The third kappa shape index (κ3) is 5.29. The summed E-state index contributed by atoms with van der Waals surface area (Å²) < 4.78 is 55.0. The summed E-state index contributed by atoms with van der Waals surface area (Å²) in [6.45, 7) is 0. The van der Waals surface area contributed by atoms with Crippen LogP contribution in [-0.4, -0.2) is 56.6 Å². The fourth-order valence-electron chi connectivity index (χ4n) is 3.15. The van der Waals surface area contributed by atoms with Crippen LogP contribution in [0.2, 0.25) is 0 Å². The van der Waals surface area contributed by atoms with Gasteiger partial charge < -0.3 is 4.42 Å². The van der Waals surface area contributed by atoms with E-state index in [4.69, 9.17) is 4.42 Å². The average Bonchev–Trinajstić information content (AvgIpc) is 3.53. The van der Waals surface area contributed by atoms with Gasteiger partial charge in [-0.05, 0) is 54.8 Å². The number of rotatable bonds is 8. The number of hydrogen-bond acceptors (Lipinski definition) is 8. The Balaban J connectivity index is 1.39. The Bertz CT molecular complexity index is 1380. The molecule has 12 heteroatoms. The van der Waals surface area contributed by atoms with E-state index in [1.807, 2.05) is 0 Å². The third-order valence-corrected chi connectivity index (χ3v) is 8.30.